The normalized spacial score (nSPS) is 13.2. The van der Waals surface area contributed by atoms with Crippen LogP contribution in [-0.4, -0.2) is 0 Å². The molecular formula is C21H22IP. The van der Waals surface area contributed by atoms with Crippen molar-refractivity contribution in [2.24, 2.45) is 0 Å². The highest BCUT2D eigenvalue weighted by molar-refractivity contribution is 14.1. The predicted molar refractivity (Wildman–Crippen MR) is 114 cm³/mol. The first kappa shape index (κ1) is 18.2. The Bertz CT molecular complexity index is 669. The summed E-state index contributed by atoms with van der Waals surface area (Å²) in [6.07, 6.45) is 0. The lowest BCUT2D eigenvalue weighted by Crippen LogP contribution is -2.24. The maximum atomic E-state index is 2.61. The molecule has 0 aliphatic rings. The molecule has 0 nitrogen and oxygen atoms in total. The summed E-state index contributed by atoms with van der Waals surface area (Å²) in [7, 11) is 0. The zero-order chi connectivity index (χ0) is 15.4. The van der Waals surface area contributed by atoms with Gasteiger partial charge in [-0.25, -0.2) is 0 Å². The van der Waals surface area contributed by atoms with Crippen LogP contribution in [0.3, 0.4) is 0 Å². The molecule has 2 heteroatoms. The topological polar surface area (TPSA) is 0 Å². The van der Waals surface area contributed by atoms with Crippen LogP contribution in [0.1, 0.15) is 29.5 Å². The molecule has 0 N–H and O–H groups in total. The minimum absolute atomic E-state index is 0. The first-order valence-corrected chi connectivity index (χ1v) is 8.62. The van der Waals surface area contributed by atoms with Gasteiger partial charge in [-0.3, -0.25) is 0 Å². The number of rotatable bonds is 4. The van der Waals surface area contributed by atoms with Crippen LogP contribution in [0, 0.1) is 0 Å². The van der Waals surface area contributed by atoms with Crippen molar-refractivity contribution < 1.29 is 0 Å². The largest absolute Gasteiger partial charge is 0.153 e. The lowest BCUT2D eigenvalue weighted by molar-refractivity contribution is 0.629. The third kappa shape index (κ3) is 4.02. The molecule has 0 bridgehead atoms. The van der Waals surface area contributed by atoms with Crippen molar-refractivity contribution in [1.29, 1.82) is 0 Å². The summed E-state index contributed by atoms with van der Waals surface area (Å²) < 4.78 is -0.0122. The van der Waals surface area contributed by atoms with Gasteiger partial charge < -0.3 is 0 Å². The summed E-state index contributed by atoms with van der Waals surface area (Å²) in [6, 6.07) is 32.4. The molecule has 0 heterocycles. The summed E-state index contributed by atoms with van der Waals surface area (Å²) >= 11 is 2.61. The minimum atomic E-state index is -0.0122. The van der Waals surface area contributed by atoms with Crippen molar-refractivity contribution in [2.75, 3.05) is 0 Å². The summed E-state index contributed by atoms with van der Waals surface area (Å²) in [6.45, 7) is 2.33. The van der Waals surface area contributed by atoms with Gasteiger partial charge in [-0.15, -0.1) is 0 Å². The number of alkyl halides is 1. The van der Waals surface area contributed by atoms with Crippen LogP contribution in [0.5, 0.6) is 0 Å². The maximum Gasteiger partial charge on any atom is 0.0550 e. The van der Waals surface area contributed by atoms with E-state index in [1.54, 1.807) is 0 Å². The molecule has 0 aromatic heterocycles. The Kier molecular flexibility index (Phi) is 6.38. The van der Waals surface area contributed by atoms with Gasteiger partial charge in [0.25, 0.3) is 0 Å². The lowest BCUT2D eigenvalue weighted by atomic mass is 9.78. The van der Waals surface area contributed by atoms with Gasteiger partial charge in [0.1, 0.15) is 0 Å². The van der Waals surface area contributed by atoms with E-state index in [9.17, 15) is 0 Å². The highest BCUT2D eigenvalue weighted by Crippen LogP contribution is 2.48. The van der Waals surface area contributed by atoms with Crippen LogP contribution in [0.2, 0.25) is 0 Å². The summed E-state index contributed by atoms with van der Waals surface area (Å²) in [5, 5.41) is 0. The van der Waals surface area contributed by atoms with Gasteiger partial charge in [0.2, 0.25) is 0 Å². The molecule has 3 aromatic carbocycles. The van der Waals surface area contributed by atoms with E-state index in [1.165, 1.54) is 16.7 Å². The van der Waals surface area contributed by atoms with Crippen molar-refractivity contribution in [3.63, 3.8) is 0 Å². The Labute approximate surface area is 156 Å². The van der Waals surface area contributed by atoms with E-state index in [0.717, 1.165) is 0 Å². The van der Waals surface area contributed by atoms with E-state index in [1.807, 2.05) is 0 Å². The van der Waals surface area contributed by atoms with Crippen LogP contribution in [-0.2, 0) is 3.42 Å². The Hall–Kier alpha value is -1.18. The molecule has 2 unspecified atom stereocenters. The van der Waals surface area contributed by atoms with Gasteiger partial charge in [-0.05, 0) is 23.6 Å². The van der Waals surface area contributed by atoms with Crippen LogP contribution in [0.15, 0.2) is 91.0 Å². The van der Waals surface area contributed by atoms with Crippen LogP contribution in [0.4, 0.5) is 0 Å². The summed E-state index contributed by atoms with van der Waals surface area (Å²) in [5.74, 6) is 0.317. The molecule has 118 valence electrons. The van der Waals surface area contributed by atoms with Crippen molar-refractivity contribution in [1.82, 2.24) is 0 Å². The van der Waals surface area contributed by atoms with Gasteiger partial charge in [-0.1, -0.05) is 114 Å². The second-order valence-electron chi connectivity index (χ2n) is 5.70. The van der Waals surface area contributed by atoms with Gasteiger partial charge in [0.05, 0.1) is 3.42 Å². The monoisotopic (exact) mass is 432 g/mol. The Morgan fingerprint density at radius 1 is 0.652 bits per heavy atom. The zero-order valence-corrected chi connectivity index (χ0v) is 16.9. The SMILES string of the molecule is CC(I)(c1ccccc1)C(c1ccccc1)c1ccccc1.P. The van der Waals surface area contributed by atoms with Gasteiger partial charge >= 0.3 is 0 Å². The molecule has 0 amide bonds. The second kappa shape index (κ2) is 8.08. The molecule has 3 aromatic rings. The third-order valence-corrected chi connectivity index (χ3v) is 5.39. The third-order valence-electron chi connectivity index (χ3n) is 4.15. The first-order chi connectivity index (χ1) is 10.7. The minimum Gasteiger partial charge on any atom is -0.153 e. The van der Waals surface area contributed by atoms with E-state index >= 15 is 0 Å². The fourth-order valence-electron chi connectivity index (χ4n) is 3.04. The van der Waals surface area contributed by atoms with Crippen LogP contribution in [0.25, 0.3) is 0 Å². The van der Waals surface area contributed by atoms with E-state index in [-0.39, 0.29) is 13.3 Å². The van der Waals surface area contributed by atoms with E-state index < -0.39 is 0 Å². The molecule has 0 radical (unpaired) electrons. The summed E-state index contributed by atoms with van der Waals surface area (Å²) in [4.78, 5) is 0. The smallest absolute Gasteiger partial charge is 0.0550 e. The molecule has 0 saturated carbocycles. The fourth-order valence-corrected chi connectivity index (χ4v) is 4.12. The first-order valence-electron chi connectivity index (χ1n) is 7.54. The molecule has 23 heavy (non-hydrogen) atoms. The average Bonchev–Trinajstić information content (AvgIpc) is 2.58. The Morgan fingerprint density at radius 3 is 1.39 bits per heavy atom. The molecule has 0 saturated heterocycles. The van der Waals surface area contributed by atoms with Gasteiger partial charge in [0, 0.05) is 5.92 Å². The Balaban J connectivity index is 0.00000192. The molecule has 0 fully saturated rings. The van der Waals surface area contributed by atoms with E-state index in [2.05, 4.69) is 121 Å². The molecule has 0 aliphatic heterocycles. The molecule has 2 atom stereocenters. The lowest BCUT2D eigenvalue weighted by Gasteiger charge is -2.34. The molecule has 3 rings (SSSR count). The van der Waals surface area contributed by atoms with E-state index in [4.69, 9.17) is 0 Å². The number of hydrogen-bond donors (Lipinski definition) is 0. The molecular weight excluding hydrogens is 410 g/mol. The number of halogens is 1. The Morgan fingerprint density at radius 2 is 1.00 bits per heavy atom. The molecule has 0 aliphatic carbocycles. The summed E-state index contributed by atoms with van der Waals surface area (Å²) in [5.41, 5.74) is 4.07. The van der Waals surface area contributed by atoms with Gasteiger partial charge in [0.15, 0.2) is 0 Å². The standard InChI is InChI=1S/C21H19I.H3P/c1-21(22,19-15-9-4-10-16-19)20(17-11-5-2-6-12-17)18-13-7-3-8-14-18;/h2-16,20H,1H3;1H3. The van der Waals surface area contributed by atoms with Gasteiger partial charge in [-0.2, -0.15) is 9.90 Å². The van der Waals surface area contributed by atoms with Crippen molar-refractivity contribution in [2.45, 2.75) is 16.3 Å². The molecule has 0 spiro atoms. The van der Waals surface area contributed by atoms with Crippen LogP contribution >= 0.6 is 32.5 Å². The average molecular weight is 432 g/mol. The quantitative estimate of drug-likeness (QED) is 0.261. The van der Waals surface area contributed by atoms with Crippen molar-refractivity contribution in [3.8, 4) is 0 Å². The van der Waals surface area contributed by atoms with Crippen molar-refractivity contribution >= 4 is 32.5 Å². The van der Waals surface area contributed by atoms with Crippen molar-refractivity contribution in [3.05, 3.63) is 108 Å². The number of benzene rings is 3. The zero-order valence-electron chi connectivity index (χ0n) is 13.3. The predicted octanol–water partition coefficient (Wildman–Crippen LogP) is 6.23. The van der Waals surface area contributed by atoms with Crippen LogP contribution < -0.4 is 0 Å². The van der Waals surface area contributed by atoms with E-state index in [0.29, 0.717) is 5.92 Å². The highest BCUT2D eigenvalue weighted by Gasteiger charge is 2.35. The highest BCUT2D eigenvalue weighted by atomic mass is 127. The second-order valence-corrected chi connectivity index (χ2v) is 7.94. The number of hydrogen-bond acceptors (Lipinski definition) is 0. The fraction of sp³-hybridized carbons (Fsp3) is 0.143. The maximum absolute atomic E-state index is 2.61.